The molecule has 0 aromatic carbocycles. The largest absolute Gasteiger partial charge is 0.339 e. The molecular weight excluding hydrogens is 344 g/mol. The van der Waals surface area contributed by atoms with Gasteiger partial charge in [0.15, 0.2) is 0 Å². The molecule has 1 aliphatic carbocycles. The fraction of sp³-hybridized carbons (Fsp3) is 0.667. The molecule has 4 nitrogen and oxygen atoms in total. The van der Waals surface area contributed by atoms with Gasteiger partial charge in [0.1, 0.15) is 0 Å². The van der Waals surface area contributed by atoms with E-state index in [2.05, 4.69) is 0 Å². The van der Waals surface area contributed by atoms with E-state index in [-0.39, 0.29) is 11.8 Å². The molecule has 2 aliphatic rings. The molecule has 0 atom stereocenters. The van der Waals surface area contributed by atoms with Crippen molar-refractivity contribution in [2.24, 2.45) is 5.92 Å². The van der Waals surface area contributed by atoms with Crippen molar-refractivity contribution in [1.29, 1.82) is 0 Å². The third-order valence-electron chi connectivity index (χ3n) is 5.19. The number of halogens is 1. The van der Waals surface area contributed by atoms with Crippen LogP contribution in [0.15, 0.2) is 12.1 Å². The van der Waals surface area contributed by atoms with Crippen LogP contribution in [-0.2, 0) is 4.79 Å². The van der Waals surface area contributed by atoms with E-state index in [0.717, 1.165) is 12.3 Å². The molecule has 0 N–H and O–H groups in total. The molecule has 1 saturated heterocycles. The monoisotopic (exact) mass is 368 g/mol. The molecule has 1 aromatic heterocycles. The molecule has 0 spiro atoms. The van der Waals surface area contributed by atoms with Gasteiger partial charge < -0.3 is 9.80 Å². The van der Waals surface area contributed by atoms with Gasteiger partial charge in [0.05, 0.1) is 9.21 Å². The first-order valence-corrected chi connectivity index (χ1v) is 10.2. The molecule has 1 saturated carbocycles. The fourth-order valence-corrected chi connectivity index (χ4v) is 4.72. The van der Waals surface area contributed by atoms with Gasteiger partial charge in [-0.2, -0.15) is 0 Å². The predicted octanol–water partition coefficient (Wildman–Crippen LogP) is 4.05. The second-order valence-corrected chi connectivity index (χ2v) is 8.53. The second kappa shape index (κ2) is 8.34. The number of thiophene rings is 1. The van der Waals surface area contributed by atoms with Crippen LogP contribution in [0.3, 0.4) is 0 Å². The van der Waals surface area contributed by atoms with E-state index in [1.807, 2.05) is 9.80 Å². The Balaban J connectivity index is 1.42. The summed E-state index contributed by atoms with van der Waals surface area (Å²) in [5, 5.41) is 0. The molecule has 24 heavy (non-hydrogen) atoms. The normalized spacial score (nSPS) is 19.5. The molecular formula is C18H25ClN2O2S. The number of piperazine rings is 1. The summed E-state index contributed by atoms with van der Waals surface area (Å²) in [7, 11) is 0. The van der Waals surface area contributed by atoms with Crippen molar-refractivity contribution in [2.45, 2.75) is 44.9 Å². The van der Waals surface area contributed by atoms with Crippen molar-refractivity contribution >= 4 is 34.8 Å². The van der Waals surface area contributed by atoms with E-state index in [1.165, 1.54) is 43.4 Å². The van der Waals surface area contributed by atoms with Gasteiger partial charge in [-0.15, -0.1) is 11.3 Å². The SMILES string of the molecule is O=C(CCC1CCCCC1)N1CCN(C(=O)c2ccc(Cl)s2)CC1. The van der Waals surface area contributed by atoms with Crippen LogP contribution in [-0.4, -0.2) is 47.8 Å². The zero-order chi connectivity index (χ0) is 16.9. The van der Waals surface area contributed by atoms with E-state index in [0.29, 0.717) is 41.8 Å². The lowest BCUT2D eigenvalue weighted by molar-refractivity contribution is -0.133. The smallest absolute Gasteiger partial charge is 0.264 e. The Labute approximate surface area is 152 Å². The van der Waals surface area contributed by atoms with Crippen LogP contribution in [0, 0.1) is 5.92 Å². The van der Waals surface area contributed by atoms with Gasteiger partial charge in [-0.3, -0.25) is 9.59 Å². The molecule has 0 unspecified atom stereocenters. The van der Waals surface area contributed by atoms with Crippen LogP contribution < -0.4 is 0 Å². The highest BCUT2D eigenvalue weighted by Gasteiger charge is 2.26. The Bertz CT molecular complexity index is 575. The zero-order valence-corrected chi connectivity index (χ0v) is 15.6. The molecule has 132 valence electrons. The second-order valence-electron chi connectivity index (χ2n) is 6.82. The predicted molar refractivity (Wildman–Crippen MR) is 97.6 cm³/mol. The van der Waals surface area contributed by atoms with Crippen LogP contribution in [0.4, 0.5) is 0 Å². The minimum atomic E-state index is 0.0289. The first kappa shape index (κ1) is 17.7. The summed E-state index contributed by atoms with van der Waals surface area (Å²) in [6.07, 6.45) is 8.29. The topological polar surface area (TPSA) is 40.6 Å². The number of carbonyl (C=O) groups excluding carboxylic acids is 2. The summed E-state index contributed by atoms with van der Waals surface area (Å²) < 4.78 is 0.634. The molecule has 2 heterocycles. The minimum absolute atomic E-state index is 0.0289. The number of carbonyl (C=O) groups is 2. The summed E-state index contributed by atoms with van der Waals surface area (Å²) in [5.41, 5.74) is 0. The quantitative estimate of drug-likeness (QED) is 0.804. The van der Waals surface area contributed by atoms with Gasteiger partial charge >= 0.3 is 0 Å². The Morgan fingerprint density at radius 1 is 1.04 bits per heavy atom. The zero-order valence-electron chi connectivity index (χ0n) is 14.0. The molecule has 2 fully saturated rings. The third kappa shape index (κ3) is 4.51. The van der Waals surface area contributed by atoms with E-state index in [9.17, 15) is 9.59 Å². The van der Waals surface area contributed by atoms with Crippen LogP contribution in [0.1, 0.15) is 54.6 Å². The Hall–Kier alpha value is -1.07. The fourth-order valence-electron chi connectivity index (χ4n) is 3.71. The summed E-state index contributed by atoms with van der Waals surface area (Å²) in [5.74, 6) is 1.03. The average Bonchev–Trinajstić information content (AvgIpc) is 3.06. The maximum absolute atomic E-state index is 12.4. The number of amides is 2. The number of hydrogen-bond donors (Lipinski definition) is 0. The van der Waals surface area contributed by atoms with Gasteiger partial charge in [0.25, 0.3) is 5.91 Å². The van der Waals surface area contributed by atoms with Crippen LogP contribution in [0.5, 0.6) is 0 Å². The summed E-state index contributed by atoms with van der Waals surface area (Å²) in [4.78, 5) is 29.2. The van der Waals surface area contributed by atoms with E-state index in [4.69, 9.17) is 11.6 Å². The molecule has 6 heteroatoms. The number of nitrogens with zero attached hydrogens (tertiary/aromatic N) is 2. The number of hydrogen-bond acceptors (Lipinski definition) is 3. The van der Waals surface area contributed by atoms with Crippen LogP contribution >= 0.6 is 22.9 Å². The van der Waals surface area contributed by atoms with E-state index in [1.54, 1.807) is 12.1 Å². The Morgan fingerprint density at radius 3 is 2.33 bits per heavy atom. The van der Waals surface area contributed by atoms with Crippen molar-refractivity contribution < 1.29 is 9.59 Å². The van der Waals surface area contributed by atoms with Gasteiger partial charge in [0.2, 0.25) is 5.91 Å². The van der Waals surface area contributed by atoms with Gasteiger partial charge in [0, 0.05) is 32.6 Å². The molecule has 1 aliphatic heterocycles. The van der Waals surface area contributed by atoms with E-state index < -0.39 is 0 Å². The molecule has 1 aromatic rings. The molecule has 0 radical (unpaired) electrons. The maximum Gasteiger partial charge on any atom is 0.264 e. The van der Waals surface area contributed by atoms with Gasteiger partial charge in [-0.1, -0.05) is 43.7 Å². The van der Waals surface area contributed by atoms with Crippen molar-refractivity contribution in [3.05, 3.63) is 21.3 Å². The highest BCUT2D eigenvalue weighted by atomic mass is 35.5. The summed E-state index contributed by atoms with van der Waals surface area (Å²) in [6.45, 7) is 2.52. The van der Waals surface area contributed by atoms with Crippen molar-refractivity contribution in [2.75, 3.05) is 26.2 Å². The first-order valence-electron chi connectivity index (χ1n) is 8.96. The summed E-state index contributed by atoms with van der Waals surface area (Å²) >= 11 is 7.22. The lowest BCUT2D eigenvalue weighted by Crippen LogP contribution is -2.50. The Kier molecular flexibility index (Phi) is 6.17. The highest BCUT2D eigenvalue weighted by Crippen LogP contribution is 2.27. The molecule has 0 bridgehead atoms. The standard InChI is InChI=1S/C18H25ClN2O2S/c19-16-8-7-15(24-16)18(23)21-12-10-20(11-13-21)17(22)9-6-14-4-2-1-3-5-14/h7-8,14H,1-6,9-13H2. The molecule has 2 amide bonds. The lowest BCUT2D eigenvalue weighted by Gasteiger charge is -2.35. The van der Waals surface area contributed by atoms with Crippen molar-refractivity contribution in [1.82, 2.24) is 9.80 Å². The van der Waals surface area contributed by atoms with Gasteiger partial charge in [-0.25, -0.2) is 0 Å². The lowest BCUT2D eigenvalue weighted by atomic mass is 9.86. The van der Waals surface area contributed by atoms with Crippen LogP contribution in [0.25, 0.3) is 0 Å². The maximum atomic E-state index is 12.4. The van der Waals surface area contributed by atoms with Crippen LogP contribution in [0.2, 0.25) is 4.34 Å². The third-order valence-corrected chi connectivity index (χ3v) is 6.41. The van der Waals surface area contributed by atoms with Crippen molar-refractivity contribution in [3.8, 4) is 0 Å². The first-order chi connectivity index (χ1) is 11.6. The number of rotatable bonds is 4. The van der Waals surface area contributed by atoms with Gasteiger partial charge in [-0.05, 0) is 24.5 Å². The Morgan fingerprint density at radius 2 is 1.71 bits per heavy atom. The highest BCUT2D eigenvalue weighted by molar-refractivity contribution is 7.17. The average molecular weight is 369 g/mol. The van der Waals surface area contributed by atoms with Crippen molar-refractivity contribution in [3.63, 3.8) is 0 Å². The summed E-state index contributed by atoms with van der Waals surface area (Å²) in [6, 6.07) is 3.53. The minimum Gasteiger partial charge on any atom is -0.339 e. The van der Waals surface area contributed by atoms with E-state index >= 15 is 0 Å². The molecule has 3 rings (SSSR count).